The van der Waals surface area contributed by atoms with E-state index in [-0.39, 0.29) is 6.42 Å². The third-order valence-corrected chi connectivity index (χ3v) is 3.03. The summed E-state index contributed by atoms with van der Waals surface area (Å²) in [7, 11) is 0. The fourth-order valence-corrected chi connectivity index (χ4v) is 2.06. The molecule has 0 aromatic carbocycles. The Bertz CT molecular complexity index is 478. The maximum atomic E-state index is 10.5. The number of nitrogens with two attached hydrogens (primary N) is 1. The third kappa shape index (κ3) is 2.29. The number of carboxylic acids is 1. The van der Waals surface area contributed by atoms with E-state index in [9.17, 15) is 4.79 Å². The van der Waals surface area contributed by atoms with Crippen molar-refractivity contribution in [3.8, 4) is 10.6 Å². The molecule has 0 saturated carbocycles. The number of aromatic amines is 1. The zero-order valence-corrected chi connectivity index (χ0v) is 9.20. The number of nitrogens with one attached hydrogen (secondary N) is 1. The van der Waals surface area contributed by atoms with Gasteiger partial charge in [-0.25, -0.2) is 4.98 Å². The molecule has 0 fully saturated rings. The lowest BCUT2D eigenvalue weighted by Crippen LogP contribution is -2.16. The van der Waals surface area contributed by atoms with Crippen molar-refractivity contribution in [2.45, 2.75) is 12.5 Å². The highest BCUT2D eigenvalue weighted by Crippen LogP contribution is 2.23. The average Bonchev–Trinajstić information content (AvgIpc) is 2.87. The zero-order valence-electron chi connectivity index (χ0n) is 8.38. The number of aromatic nitrogens is 2. The predicted octanol–water partition coefficient (Wildman–Crippen LogP) is 1.61. The normalized spacial score (nSPS) is 12.6. The molecule has 0 radical (unpaired) electrons. The molecule has 0 amide bonds. The lowest BCUT2D eigenvalue weighted by molar-refractivity contribution is -0.137. The summed E-state index contributed by atoms with van der Waals surface area (Å²) in [6, 6.07) is 3.31. The Morgan fingerprint density at radius 3 is 3.12 bits per heavy atom. The molecule has 84 valence electrons. The van der Waals surface area contributed by atoms with Crippen LogP contribution in [0.3, 0.4) is 0 Å². The van der Waals surface area contributed by atoms with E-state index in [2.05, 4.69) is 9.97 Å². The zero-order chi connectivity index (χ0) is 11.5. The Morgan fingerprint density at radius 1 is 1.69 bits per heavy atom. The largest absolute Gasteiger partial charge is 0.481 e. The van der Waals surface area contributed by atoms with Gasteiger partial charge in [0.05, 0.1) is 29.2 Å². The molecule has 0 aliphatic heterocycles. The lowest BCUT2D eigenvalue weighted by atomic mass is 10.2. The van der Waals surface area contributed by atoms with Crippen molar-refractivity contribution in [3.63, 3.8) is 0 Å². The SMILES string of the molecule is NC(CC(=O)O)c1ncc(-c2cccs2)[nH]1. The van der Waals surface area contributed by atoms with Crippen molar-refractivity contribution in [2.75, 3.05) is 0 Å². The first kappa shape index (κ1) is 10.8. The summed E-state index contributed by atoms with van der Waals surface area (Å²) in [6.07, 6.45) is 1.54. The van der Waals surface area contributed by atoms with Crippen LogP contribution in [-0.2, 0) is 4.79 Å². The third-order valence-electron chi connectivity index (χ3n) is 2.13. The maximum Gasteiger partial charge on any atom is 0.305 e. The van der Waals surface area contributed by atoms with E-state index in [0.717, 1.165) is 10.6 Å². The topological polar surface area (TPSA) is 92.0 Å². The second kappa shape index (κ2) is 4.46. The summed E-state index contributed by atoms with van der Waals surface area (Å²) in [6.45, 7) is 0. The molecule has 4 N–H and O–H groups in total. The van der Waals surface area contributed by atoms with Crippen LogP contribution in [0.2, 0.25) is 0 Å². The van der Waals surface area contributed by atoms with E-state index < -0.39 is 12.0 Å². The van der Waals surface area contributed by atoms with Crippen molar-refractivity contribution in [1.29, 1.82) is 0 Å². The standard InChI is InChI=1S/C10H11N3O2S/c11-6(4-9(14)15)10-12-5-7(13-10)8-2-1-3-16-8/h1-3,5-6H,4,11H2,(H,12,13)(H,14,15). The number of imidazole rings is 1. The van der Waals surface area contributed by atoms with Gasteiger partial charge in [0.25, 0.3) is 0 Å². The molecule has 0 spiro atoms. The molecule has 2 heterocycles. The quantitative estimate of drug-likeness (QED) is 0.753. The van der Waals surface area contributed by atoms with Crippen LogP contribution in [0.15, 0.2) is 23.7 Å². The van der Waals surface area contributed by atoms with Gasteiger partial charge >= 0.3 is 5.97 Å². The van der Waals surface area contributed by atoms with E-state index >= 15 is 0 Å². The molecule has 1 unspecified atom stereocenters. The number of thiophene rings is 1. The monoisotopic (exact) mass is 237 g/mol. The molecular weight excluding hydrogens is 226 g/mol. The summed E-state index contributed by atoms with van der Waals surface area (Å²) in [5, 5.41) is 10.6. The minimum atomic E-state index is -0.929. The van der Waals surface area contributed by atoms with Crippen LogP contribution < -0.4 is 5.73 Å². The van der Waals surface area contributed by atoms with Crippen LogP contribution in [-0.4, -0.2) is 21.0 Å². The van der Waals surface area contributed by atoms with E-state index in [1.54, 1.807) is 17.5 Å². The smallest absolute Gasteiger partial charge is 0.305 e. The van der Waals surface area contributed by atoms with Gasteiger partial charge in [0.1, 0.15) is 5.82 Å². The Labute approximate surface area is 95.9 Å². The van der Waals surface area contributed by atoms with Crippen molar-refractivity contribution in [1.82, 2.24) is 9.97 Å². The number of carboxylic acid groups (broad SMARTS) is 1. The van der Waals surface area contributed by atoms with Crippen LogP contribution in [0.4, 0.5) is 0 Å². The molecule has 16 heavy (non-hydrogen) atoms. The first-order valence-corrected chi connectivity index (χ1v) is 5.61. The molecule has 0 bridgehead atoms. The number of hydrogen-bond acceptors (Lipinski definition) is 4. The summed E-state index contributed by atoms with van der Waals surface area (Å²) < 4.78 is 0. The number of aliphatic carboxylic acids is 1. The minimum Gasteiger partial charge on any atom is -0.481 e. The molecule has 5 nitrogen and oxygen atoms in total. The number of H-pyrrole nitrogens is 1. The van der Waals surface area contributed by atoms with Gasteiger partial charge in [-0.3, -0.25) is 4.79 Å². The van der Waals surface area contributed by atoms with Gasteiger partial charge in [-0.15, -0.1) is 11.3 Å². The number of rotatable bonds is 4. The molecule has 6 heteroatoms. The fraction of sp³-hybridized carbons (Fsp3) is 0.200. The van der Waals surface area contributed by atoms with Gasteiger partial charge in [-0.2, -0.15) is 0 Å². The van der Waals surface area contributed by atoms with Crippen LogP contribution in [0, 0.1) is 0 Å². The van der Waals surface area contributed by atoms with Gasteiger partial charge in [0.15, 0.2) is 0 Å². The Morgan fingerprint density at radius 2 is 2.50 bits per heavy atom. The van der Waals surface area contributed by atoms with Crippen molar-refractivity contribution < 1.29 is 9.90 Å². The first-order valence-electron chi connectivity index (χ1n) is 4.73. The molecule has 2 rings (SSSR count). The van der Waals surface area contributed by atoms with Gasteiger partial charge < -0.3 is 15.8 Å². The summed E-state index contributed by atoms with van der Waals surface area (Å²) in [5.41, 5.74) is 6.56. The number of nitrogens with zero attached hydrogens (tertiary/aromatic N) is 1. The first-order chi connectivity index (χ1) is 7.66. The highest BCUT2D eigenvalue weighted by molar-refractivity contribution is 7.13. The van der Waals surface area contributed by atoms with Gasteiger partial charge in [-0.05, 0) is 11.4 Å². The van der Waals surface area contributed by atoms with Crippen LogP contribution >= 0.6 is 11.3 Å². The number of carbonyl (C=O) groups is 1. The van der Waals surface area contributed by atoms with E-state index in [1.165, 1.54) is 0 Å². The average molecular weight is 237 g/mol. The van der Waals surface area contributed by atoms with Crippen molar-refractivity contribution in [3.05, 3.63) is 29.5 Å². The lowest BCUT2D eigenvalue weighted by Gasteiger charge is -2.03. The second-order valence-electron chi connectivity index (χ2n) is 3.36. The highest BCUT2D eigenvalue weighted by Gasteiger charge is 2.14. The van der Waals surface area contributed by atoms with Crippen LogP contribution in [0.5, 0.6) is 0 Å². The van der Waals surface area contributed by atoms with Gasteiger partial charge in [0.2, 0.25) is 0 Å². The molecule has 0 saturated heterocycles. The van der Waals surface area contributed by atoms with Crippen LogP contribution in [0.1, 0.15) is 18.3 Å². The van der Waals surface area contributed by atoms with Crippen molar-refractivity contribution >= 4 is 17.3 Å². The van der Waals surface area contributed by atoms with E-state index in [0.29, 0.717) is 5.82 Å². The number of hydrogen-bond donors (Lipinski definition) is 3. The Balaban J connectivity index is 2.16. The molecule has 2 aromatic heterocycles. The Hall–Kier alpha value is -1.66. The van der Waals surface area contributed by atoms with Gasteiger partial charge in [0, 0.05) is 0 Å². The fourth-order valence-electron chi connectivity index (χ4n) is 1.37. The van der Waals surface area contributed by atoms with Gasteiger partial charge in [-0.1, -0.05) is 6.07 Å². The molecule has 0 aliphatic rings. The minimum absolute atomic E-state index is 0.128. The van der Waals surface area contributed by atoms with Crippen molar-refractivity contribution in [2.24, 2.45) is 5.73 Å². The molecule has 1 atom stereocenters. The Kier molecular flexibility index (Phi) is 3.02. The molecule has 2 aromatic rings. The van der Waals surface area contributed by atoms with Crippen LogP contribution in [0.25, 0.3) is 10.6 Å². The molecular formula is C10H11N3O2S. The summed E-state index contributed by atoms with van der Waals surface area (Å²) >= 11 is 1.59. The van der Waals surface area contributed by atoms with E-state index in [1.807, 2.05) is 17.5 Å². The predicted molar refractivity (Wildman–Crippen MR) is 61.1 cm³/mol. The summed E-state index contributed by atoms with van der Waals surface area (Å²) in [5.74, 6) is -0.424. The second-order valence-corrected chi connectivity index (χ2v) is 4.31. The van der Waals surface area contributed by atoms with E-state index in [4.69, 9.17) is 10.8 Å². The summed E-state index contributed by atoms with van der Waals surface area (Å²) in [4.78, 5) is 18.7. The molecule has 0 aliphatic carbocycles. The maximum absolute atomic E-state index is 10.5. The highest BCUT2D eigenvalue weighted by atomic mass is 32.1.